The highest BCUT2D eigenvalue weighted by atomic mass is 19.4. The Morgan fingerprint density at radius 2 is 1.87 bits per heavy atom. The number of hydrogen-bond acceptors (Lipinski definition) is 5. The standard InChI is InChI=1S/C23H22F3NO4/c1-14-6-5-7-15(12-14)30-21-19(29)16-8-9-18(28)17(13-27-10-3-2-4-11-27)20(16)31-22(21)23(24,25)26/h5-9,12,28H,2-4,10-11,13H2,1H3. The van der Waals surface area contributed by atoms with Gasteiger partial charge in [-0.25, -0.2) is 0 Å². The van der Waals surface area contributed by atoms with Gasteiger partial charge in [-0.3, -0.25) is 9.69 Å². The minimum absolute atomic E-state index is 0.0690. The summed E-state index contributed by atoms with van der Waals surface area (Å²) in [4.78, 5) is 15.1. The zero-order chi connectivity index (χ0) is 22.2. The van der Waals surface area contributed by atoms with Gasteiger partial charge in [-0.15, -0.1) is 0 Å². The molecule has 1 aromatic heterocycles. The van der Waals surface area contributed by atoms with Crippen LogP contribution in [-0.2, 0) is 12.7 Å². The first-order valence-corrected chi connectivity index (χ1v) is 10.1. The largest absolute Gasteiger partial charge is 0.507 e. The molecule has 3 aromatic rings. The number of phenolic OH excluding ortho intramolecular Hbond substituents is 1. The normalized spacial score (nSPS) is 15.4. The SMILES string of the molecule is Cc1cccc(Oc2c(C(F)(F)F)oc3c(CN4CCCCC4)c(O)ccc3c2=O)c1. The van der Waals surface area contributed by atoms with Crippen LogP contribution < -0.4 is 10.2 Å². The second kappa shape index (κ2) is 8.26. The topological polar surface area (TPSA) is 62.9 Å². The molecule has 0 spiro atoms. The van der Waals surface area contributed by atoms with Crippen LogP contribution in [0.3, 0.4) is 0 Å². The Morgan fingerprint density at radius 3 is 2.55 bits per heavy atom. The Morgan fingerprint density at radius 1 is 1.13 bits per heavy atom. The molecule has 8 heteroatoms. The van der Waals surface area contributed by atoms with Gasteiger partial charge in [-0.05, 0) is 62.7 Å². The number of likely N-dealkylation sites (tertiary alicyclic amines) is 1. The maximum absolute atomic E-state index is 13.8. The number of fused-ring (bicyclic) bond motifs is 1. The zero-order valence-electron chi connectivity index (χ0n) is 17.0. The number of phenols is 1. The molecule has 0 aliphatic carbocycles. The van der Waals surface area contributed by atoms with Gasteiger partial charge in [0.15, 0.2) is 0 Å². The Hall–Kier alpha value is -3.00. The molecular weight excluding hydrogens is 411 g/mol. The molecule has 0 bridgehead atoms. The molecule has 0 radical (unpaired) electrons. The van der Waals surface area contributed by atoms with Crippen LogP contribution in [0.2, 0.25) is 0 Å². The number of halogens is 3. The van der Waals surface area contributed by atoms with Crippen molar-refractivity contribution < 1.29 is 27.4 Å². The molecule has 31 heavy (non-hydrogen) atoms. The number of benzene rings is 2. The molecule has 1 aliphatic heterocycles. The first kappa shape index (κ1) is 21.2. The molecule has 1 N–H and O–H groups in total. The molecule has 1 fully saturated rings. The van der Waals surface area contributed by atoms with E-state index in [1.807, 2.05) is 4.90 Å². The number of piperidine rings is 1. The van der Waals surface area contributed by atoms with Crippen molar-refractivity contribution in [2.45, 2.75) is 38.9 Å². The molecule has 164 valence electrons. The minimum Gasteiger partial charge on any atom is -0.507 e. The molecule has 1 aliphatic rings. The summed E-state index contributed by atoms with van der Waals surface area (Å²) in [6.07, 6.45) is -1.93. The van der Waals surface area contributed by atoms with Gasteiger partial charge in [0.05, 0.1) is 10.9 Å². The minimum atomic E-state index is -4.96. The van der Waals surface area contributed by atoms with E-state index in [2.05, 4.69) is 0 Å². The van der Waals surface area contributed by atoms with Gasteiger partial charge in [-0.1, -0.05) is 18.6 Å². The monoisotopic (exact) mass is 433 g/mol. The van der Waals surface area contributed by atoms with Crippen molar-refractivity contribution in [1.82, 2.24) is 4.90 Å². The van der Waals surface area contributed by atoms with Crippen LogP contribution in [-0.4, -0.2) is 23.1 Å². The average molecular weight is 433 g/mol. The molecule has 1 saturated heterocycles. The van der Waals surface area contributed by atoms with Crippen molar-refractivity contribution in [3.8, 4) is 17.2 Å². The molecular formula is C23H22F3NO4. The van der Waals surface area contributed by atoms with Gasteiger partial charge in [0, 0.05) is 6.54 Å². The fourth-order valence-corrected chi connectivity index (χ4v) is 3.86. The van der Waals surface area contributed by atoms with Crippen LogP contribution in [0.4, 0.5) is 13.2 Å². The second-order valence-electron chi connectivity index (χ2n) is 7.78. The highest BCUT2D eigenvalue weighted by Gasteiger charge is 2.41. The predicted octanol–water partition coefficient (Wildman–Crippen LogP) is 5.60. The smallest absolute Gasteiger partial charge is 0.453 e. The number of nitrogens with zero attached hydrogens (tertiary/aromatic N) is 1. The lowest BCUT2D eigenvalue weighted by molar-refractivity contribution is -0.154. The van der Waals surface area contributed by atoms with E-state index in [0.29, 0.717) is 0 Å². The van der Waals surface area contributed by atoms with Crippen molar-refractivity contribution in [2.24, 2.45) is 0 Å². The van der Waals surface area contributed by atoms with E-state index in [1.54, 1.807) is 19.1 Å². The average Bonchev–Trinajstić information content (AvgIpc) is 2.72. The van der Waals surface area contributed by atoms with Crippen LogP contribution in [0.25, 0.3) is 11.0 Å². The number of aryl methyl sites for hydroxylation is 1. The van der Waals surface area contributed by atoms with E-state index < -0.39 is 23.1 Å². The Bertz CT molecular complexity index is 1160. The van der Waals surface area contributed by atoms with E-state index >= 15 is 0 Å². The fourth-order valence-electron chi connectivity index (χ4n) is 3.86. The number of aromatic hydroxyl groups is 1. The number of rotatable bonds is 4. The summed E-state index contributed by atoms with van der Waals surface area (Å²) in [6, 6.07) is 8.95. The van der Waals surface area contributed by atoms with E-state index in [4.69, 9.17) is 9.15 Å². The molecule has 0 saturated carbocycles. The molecule has 0 atom stereocenters. The summed E-state index contributed by atoms with van der Waals surface area (Å²) in [6.45, 7) is 3.49. The van der Waals surface area contributed by atoms with Crippen LogP contribution >= 0.6 is 0 Å². The lowest BCUT2D eigenvalue weighted by atomic mass is 10.1. The van der Waals surface area contributed by atoms with E-state index in [9.17, 15) is 23.1 Å². The van der Waals surface area contributed by atoms with Gasteiger partial charge in [0.25, 0.3) is 5.76 Å². The van der Waals surface area contributed by atoms with Crippen molar-refractivity contribution in [3.63, 3.8) is 0 Å². The van der Waals surface area contributed by atoms with Crippen LogP contribution in [0.5, 0.6) is 17.2 Å². The maximum atomic E-state index is 13.8. The van der Waals surface area contributed by atoms with Crippen LogP contribution in [0.15, 0.2) is 45.6 Å². The van der Waals surface area contributed by atoms with E-state index in [1.165, 1.54) is 24.3 Å². The lowest BCUT2D eigenvalue weighted by Gasteiger charge is -2.27. The van der Waals surface area contributed by atoms with E-state index in [0.717, 1.165) is 37.9 Å². The van der Waals surface area contributed by atoms with Crippen molar-refractivity contribution >= 4 is 11.0 Å². The van der Waals surface area contributed by atoms with Crippen LogP contribution in [0, 0.1) is 6.92 Å². The summed E-state index contributed by atoms with van der Waals surface area (Å²) in [5, 5.41) is 10.3. The lowest BCUT2D eigenvalue weighted by Crippen LogP contribution is -2.29. The zero-order valence-corrected chi connectivity index (χ0v) is 17.0. The molecule has 5 nitrogen and oxygen atoms in total. The van der Waals surface area contributed by atoms with Gasteiger partial charge in [-0.2, -0.15) is 13.2 Å². The van der Waals surface area contributed by atoms with Crippen molar-refractivity contribution in [2.75, 3.05) is 13.1 Å². The quantitative estimate of drug-likeness (QED) is 0.580. The second-order valence-corrected chi connectivity index (χ2v) is 7.78. The number of ether oxygens (including phenoxy) is 1. The highest BCUT2D eigenvalue weighted by molar-refractivity contribution is 5.83. The third-order valence-corrected chi connectivity index (χ3v) is 5.39. The van der Waals surface area contributed by atoms with Gasteiger partial charge in [0.1, 0.15) is 17.1 Å². The summed E-state index contributed by atoms with van der Waals surface area (Å²) >= 11 is 0. The van der Waals surface area contributed by atoms with E-state index in [-0.39, 0.29) is 34.6 Å². The number of hydrogen-bond donors (Lipinski definition) is 1. The first-order chi connectivity index (χ1) is 14.7. The molecule has 2 aromatic carbocycles. The van der Waals surface area contributed by atoms with Gasteiger partial charge in [0.2, 0.25) is 11.2 Å². The van der Waals surface area contributed by atoms with Gasteiger partial charge >= 0.3 is 6.18 Å². The third kappa shape index (κ3) is 4.39. The molecule has 0 unspecified atom stereocenters. The van der Waals surface area contributed by atoms with Gasteiger partial charge < -0.3 is 14.3 Å². The van der Waals surface area contributed by atoms with Crippen molar-refractivity contribution in [3.05, 3.63) is 63.5 Å². The molecule has 4 rings (SSSR count). The number of alkyl halides is 3. The summed E-state index contributed by atoms with van der Waals surface area (Å²) in [5.74, 6) is -2.54. The predicted molar refractivity (Wildman–Crippen MR) is 110 cm³/mol. The highest BCUT2D eigenvalue weighted by Crippen LogP contribution is 2.40. The Kier molecular flexibility index (Phi) is 5.66. The summed E-state index contributed by atoms with van der Waals surface area (Å²) in [7, 11) is 0. The maximum Gasteiger partial charge on any atom is 0.453 e. The van der Waals surface area contributed by atoms with Crippen molar-refractivity contribution in [1.29, 1.82) is 0 Å². The third-order valence-electron chi connectivity index (χ3n) is 5.39. The molecule has 2 heterocycles. The Balaban J connectivity index is 1.88. The first-order valence-electron chi connectivity index (χ1n) is 10.1. The molecule has 0 amide bonds. The Labute approximate surface area is 176 Å². The summed E-state index contributed by atoms with van der Waals surface area (Å²) in [5.41, 5.74) is -0.261. The fraction of sp³-hybridized carbons (Fsp3) is 0.348. The van der Waals surface area contributed by atoms with Crippen LogP contribution in [0.1, 0.15) is 36.1 Å². The summed E-state index contributed by atoms with van der Waals surface area (Å²) < 4.78 is 52.2.